The number of benzene rings is 9. The lowest BCUT2D eigenvalue weighted by molar-refractivity contribution is 0.673. The highest BCUT2D eigenvalue weighted by Gasteiger charge is 2.27. The zero-order chi connectivity index (χ0) is 41.4. The summed E-state index contributed by atoms with van der Waals surface area (Å²) in [5, 5.41) is 6.15. The average molecular weight is 742 g/mol. The molecule has 0 N–H and O–H groups in total. The van der Waals surface area contributed by atoms with Gasteiger partial charge in [0.15, 0.2) is 0 Å². The van der Waals surface area contributed by atoms with E-state index in [0.717, 1.165) is 65.7 Å². The molecule has 0 atom stereocenters. The molecule has 1 heterocycles. The van der Waals surface area contributed by atoms with Gasteiger partial charge in [0, 0.05) is 33.2 Å². The zero-order valence-corrected chi connectivity index (χ0v) is 32.4. The Morgan fingerprint density at radius 3 is 1.60 bits per heavy atom. The van der Waals surface area contributed by atoms with Gasteiger partial charge in [-0.25, -0.2) is 0 Å². The zero-order valence-electron chi connectivity index (χ0n) is 32.4. The van der Waals surface area contributed by atoms with Crippen molar-refractivity contribution in [1.82, 2.24) is 0 Å². The topological polar surface area (TPSA) is 16.4 Å². The van der Waals surface area contributed by atoms with E-state index in [2.05, 4.69) is 30.3 Å². The molecule has 9 aromatic carbocycles. The lowest BCUT2D eigenvalue weighted by atomic mass is 9.63. The van der Waals surface area contributed by atoms with Gasteiger partial charge < -0.3 is 9.32 Å². The summed E-state index contributed by atoms with van der Waals surface area (Å²) in [6, 6.07) is 49.8. The Bertz CT molecular complexity index is 3320. The number of anilines is 3. The fourth-order valence-electron chi connectivity index (χ4n) is 8.66. The van der Waals surface area contributed by atoms with Crippen LogP contribution < -0.4 is 48.6 Å². The van der Waals surface area contributed by atoms with Gasteiger partial charge in [0.25, 0.3) is 0 Å². The van der Waals surface area contributed by atoms with Crippen LogP contribution in [0.5, 0.6) is 0 Å². The Balaban J connectivity index is 1.23. The van der Waals surface area contributed by atoms with E-state index in [0.29, 0.717) is 16.8 Å². The molecule has 1 aromatic heterocycles. The summed E-state index contributed by atoms with van der Waals surface area (Å²) in [5.74, 6) is 0. The van der Waals surface area contributed by atoms with Crippen molar-refractivity contribution < 1.29 is 4.42 Å². The molecule has 16 radical (unpaired) electrons. The molecule has 0 aliphatic heterocycles. The van der Waals surface area contributed by atoms with E-state index >= 15 is 0 Å². The second-order valence-corrected chi connectivity index (χ2v) is 15.0. The van der Waals surface area contributed by atoms with Crippen LogP contribution >= 0.6 is 0 Å². The summed E-state index contributed by atoms with van der Waals surface area (Å²) in [7, 11) is 56.3. The average Bonchev–Trinajstić information content (AvgIpc) is 3.67. The largest absolute Gasteiger partial charge is 0.455 e. The van der Waals surface area contributed by atoms with Gasteiger partial charge in [-0.05, 0) is 79.9 Å². The Hall–Kier alpha value is -6.38. The smallest absolute Gasteiger partial charge is 0.143 e. The molecule has 0 aliphatic rings. The van der Waals surface area contributed by atoms with Crippen LogP contribution in [0.2, 0.25) is 0 Å². The molecule has 10 heteroatoms. The van der Waals surface area contributed by atoms with Gasteiger partial charge in [0.05, 0.1) is 0 Å². The third-order valence-electron chi connectivity index (χ3n) is 11.6. The molecule has 0 spiro atoms. The summed E-state index contributed by atoms with van der Waals surface area (Å²) < 4.78 is 6.55. The highest BCUT2D eigenvalue weighted by Crippen LogP contribution is 2.41. The Labute approximate surface area is 359 Å². The van der Waals surface area contributed by atoms with Gasteiger partial charge in [-0.1, -0.05) is 165 Å². The van der Waals surface area contributed by atoms with Crippen LogP contribution in [0.25, 0.3) is 76.9 Å². The van der Waals surface area contributed by atoms with Gasteiger partial charge >= 0.3 is 0 Å². The first kappa shape index (κ1) is 37.9. The third kappa shape index (κ3) is 5.91. The molecule has 0 saturated heterocycles. The third-order valence-corrected chi connectivity index (χ3v) is 11.6. The summed E-state index contributed by atoms with van der Waals surface area (Å²) in [6.45, 7) is 0. The molecule has 0 aliphatic carbocycles. The van der Waals surface area contributed by atoms with Crippen molar-refractivity contribution >= 4 is 167 Å². The van der Waals surface area contributed by atoms with Crippen LogP contribution in [-0.2, 0) is 0 Å². The van der Waals surface area contributed by atoms with Crippen molar-refractivity contribution in [2.75, 3.05) is 4.90 Å². The molecular weight excluding hydrogens is 717 g/mol. The Morgan fingerprint density at radius 2 is 0.917 bits per heavy atom. The van der Waals surface area contributed by atoms with E-state index in [4.69, 9.17) is 67.2 Å². The van der Waals surface area contributed by atoms with Gasteiger partial charge in [-0.15, -0.1) is 0 Å². The van der Waals surface area contributed by atoms with Crippen LogP contribution in [0.1, 0.15) is 0 Å². The molecule has 10 rings (SSSR count). The minimum absolute atomic E-state index is 0.160. The lowest BCUT2D eigenvalue weighted by Crippen LogP contribution is -2.50. The van der Waals surface area contributed by atoms with E-state index in [1.54, 1.807) is 4.90 Å². The van der Waals surface area contributed by atoms with Crippen molar-refractivity contribution in [2.45, 2.75) is 0 Å². The van der Waals surface area contributed by atoms with Gasteiger partial charge in [0.1, 0.15) is 73.9 Å². The predicted octanol–water partition coefficient (Wildman–Crippen LogP) is 4.71. The molecule has 0 bridgehead atoms. The van der Waals surface area contributed by atoms with E-state index in [9.17, 15) is 0 Å². The second-order valence-electron chi connectivity index (χ2n) is 15.0. The number of nitrogens with zero attached hydrogens (tertiary/aromatic N) is 1. The van der Waals surface area contributed by atoms with Crippen LogP contribution in [-0.4, -0.2) is 62.8 Å². The number of fused-ring (bicyclic) bond motifs is 6. The quantitative estimate of drug-likeness (QED) is 0.230. The van der Waals surface area contributed by atoms with Crippen molar-refractivity contribution in [2.24, 2.45) is 0 Å². The van der Waals surface area contributed by atoms with Crippen LogP contribution in [0.3, 0.4) is 0 Å². The minimum Gasteiger partial charge on any atom is -0.455 e. The number of rotatable bonds is 6. The van der Waals surface area contributed by atoms with Crippen molar-refractivity contribution in [3.8, 4) is 33.4 Å². The van der Waals surface area contributed by atoms with Crippen LogP contribution in [0.15, 0.2) is 156 Å². The summed E-state index contributed by atoms with van der Waals surface area (Å²) >= 11 is 0. The SMILES string of the molecule is [B]c1c([B])c(N(c2cccc(-c3cccc4oc5c6ccccc6ccc5c34)c2)c2c([B])c([B])c(-c3ccc4ccccc4c3)c([B])c2[B])c([B])c([B])c1-c1ccccc1. The molecule has 260 valence electrons. The number of hydrogen-bond donors (Lipinski definition) is 0. The maximum absolute atomic E-state index is 7.13. The highest BCUT2D eigenvalue weighted by atomic mass is 16.3. The second kappa shape index (κ2) is 14.7. The highest BCUT2D eigenvalue weighted by molar-refractivity contribution is 6.65. The molecule has 2 nitrogen and oxygen atoms in total. The summed E-state index contributed by atoms with van der Waals surface area (Å²) in [4.78, 5) is 1.76. The molecule has 0 fully saturated rings. The Kier molecular flexibility index (Phi) is 9.28. The lowest BCUT2D eigenvalue weighted by Gasteiger charge is -2.37. The molecule has 0 unspecified atom stereocenters. The molecule has 0 saturated carbocycles. The standard InChI is InChI=1S/C50H25B8NO/c51-40-37(28-12-2-1-3-13-28)41(52)45(56)48(44(40)55)59(49-46(57)42(53)38(43(54)47(49)58)31-21-20-26-10-4-5-14-29(26)24-31)32-16-8-15-30(25-32)33-18-9-19-36-39(33)35-23-22-27-11-6-7-17-34(27)50(35)60-36/h1-25H. The van der Waals surface area contributed by atoms with E-state index in [-0.39, 0.29) is 55.1 Å². The molecule has 60 heavy (non-hydrogen) atoms. The molecule has 10 aromatic rings. The molecule has 0 amide bonds. The first-order valence-corrected chi connectivity index (χ1v) is 19.4. The summed E-state index contributed by atoms with van der Waals surface area (Å²) in [6.07, 6.45) is 0. The first-order chi connectivity index (χ1) is 29.1. The van der Waals surface area contributed by atoms with E-state index in [1.807, 2.05) is 121 Å². The van der Waals surface area contributed by atoms with E-state index in [1.165, 1.54) is 0 Å². The van der Waals surface area contributed by atoms with Gasteiger partial charge in [-0.3, -0.25) is 0 Å². The fraction of sp³-hybridized carbons (Fsp3) is 0. The number of furan rings is 1. The van der Waals surface area contributed by atoms with Crippen molar-refractivity contribution in [3.05, 3.63) is 152 Å². The predicted molar refractivity (Wildman–Crippen MR) is 263 cm³/mol. The van der Waals surface area contributed by atoms with Gasteiger partial charge in [-0.2, -0.15) is 0 Å². The van der Waals surface area contributed by atoms with Crippen molar-refractivity contribution in [3.63, 3.8) is 0 Å². The maximum atomic E-state index is 7.13. The maximum Gasteiger partial charge on any atom is 0.143 e. The van der Waals surface area contributed by atoms with Crippen molar-refractivity contribution in [1.29, 1.82) is 0 Å². The Morgan fingerprint density at radius 1 is 0.367 bits per heavy atom. The normalized spacial score (nSPS) is 11.5. The minimum atomic E-state index is 0.160. The molecular formula is C50H25B8NO. The fourth-order valence-corrected chi connectivity index (χ4v) is 8.66. The van der Waals surface area contributed by atoms with Crippen LogP contribution in [0, 0.1) is 0 Å². The number of hydrogen-bond acceptors (Lipinski definition) is 2. The monoisotopic (exact) mass is 743 g/mol. The first-order valence-electron chi connectivity index (χ1n) is 19.4. The van der Waals surface area contributed by atoms with E-state index < -0.39 is 0 Å². The van der Waals surface area contributed by atoms with Crippen LogP contribution in [0.4, 0.5) is 17.1 Å². The summed E-state index contributed by atoms with van der Waals surface area (Å²) in [5.41, 5.74) is 8.62. The van der Waals surface area contributed by atoms with Gasteiger partial charge in [0.2, 0.25) is 0 Å².